The van der Waals surface area contributed by atoms with Gasteiger partial charge in [0.05, 0.1) is 10.7 Å². The third-order valence-electron chi connectivity index (χ3n) is 1.74. The first-order valence-electron chi connectivity index (χ1n) is 4.88. The minimum Gasteiger partial charge on any atom is -0.423 e. The number of carbonyl (C=O) groups is 2. The number of nitrogens with one attached hydrogen (secondary N) is 1. The first-order valence-corrected chi connectivity index (χ1v) is 6.29. The third kappa shape index (κ3) is 4.86. The summed E-state index contributed by atoms with van der Waals surface area (Å²) in [6.45, 7) is 2.41. The lowest BCUT2D eigenvalue weighted by Crippen LogP contribution is -2.11. The summed E-state index contributed by atoms with van der Waals surface area (Å²) in [5.74, 6) is -1.20. The lowest BCUT2D eigenvalue weighted by molar-refractivity contribution is -0.131. The maximum absolute atomic E-state index is 11.1. The quantitative estimate of drug-likeness (QED) is 0.499. The first kappa shape index (κ1) is 15.4. The summed E-state index contributed by atoms with van der Waals surface area (Å²) >= 11 is 3.31. The van der Waals surface area contributed by atoms with Gasteiger partial charge >= 0.3 is 17.3 Å². The molecule has 1 atom stereocenters. The number of amides is 1. The Labute approximate surface area is 116 Å². The maximum atomic E-state index is 11.1. The van der Waals surface area contributed by atoms with Crippen molar-refractivity contribution < 1.29 is 27.3 Å². The summed E-state index contributed by atoms with van der Waals surface area (Å²) in [5.41, 5.74) is 0.0515. The van der Waals surface area contributed by atoms with E-state index in [4.69, 9.17) is 20.9 Å². The Kier molecular flexibility index (Phi) is 5.28. The number of ether oxygens (including phenoxy) is 1. The van der Waals surface area contributed by atoms with Gasteiger partial charge in [0.15, 0.2) is 5.75 Å². The average Bonchev–Trinajstić information content (AvgIpc) is 2.21. The number of hydrogen-bond acceptors (Lipinski definition) is 5. The Morgan fingerprint density at radius 1 is 1.37 bits per heavy atom. The number of carbonyl (C=O) groups excluding carboxylic acids is 2. The largest absolute Gasteiger partial charge is 0.423 e. The van der Waals surface area contributed by atoms with Crippen LogP contribution in [0.3, 0.4) is 0 Å². The molecular weight excluding hydrogens is 298 g/mol. The smallest absolute Gasteiger partial charge is 0.357 e. The Hall–Kier alpha value is -1.64. The van der Waals surface area contributed by atoms with Crippen LogP contribution in [-0.2, 0) is 21.0 Å². The molecule has 19 heavy (non-hydrogen) atoms. The molecule has 0 aliphatic carbocycles. The summed E-state index contributed by atoms with van der Waals surface area (Å²) in [7, 11) is 0. The van der Waals surface area contributed by atoms with Gasteiger partial charge in [-0.05, 0) is 0 Å². The van der Waals surface area contributed by atoms with Crippen molar-refractivity contribution in [3.63, 3.8) is 0 Å². The van der Waals surface area contributed by atoms with Crippen molar-refractivity contribution in [1.82, 2.24) is 0 Å². The van der Waals surface area contributed by atoms with Crippen molar-refractivity contribution in [2.24, 2.45) is 0 Å². The molecule has 1 amide bonds. The number of anilines is 1. The van der Waals surface area contributed by atoms with E-state index in [1.165, 1.54) is 26.0 Å². The van der Waals surface area contributed by atoms with E-state index in [-0.39, 0.29) is 22.2 Å². The van der Waals surface area contributed by atoms with Crippen LogP contribution < -0.4 is 14.2 Å². The third-order valence-corrected chi connectivity index (χ3v) is 2.36. The molecule has 0 radical (unpaired) electrons. The summed E-state index contributed by atoms with van der Waals surface area (Å²) in [6.07, 6.45) is 0. The molecule has 1 rings (SSSR count). The van der Waals surface area contributed by atoms with Gasteiger partial charge < -0.3 is 14.2 Å². The van der Waals surface area contributed by atoms with Crippen LogP contribution in [0.5, 0.6) is 11.5 Å². The maximum Gasteiger partial charge on any atom is 0.357 e. The van der Waals surface area contributed by atoms with E-state index in [0.29, 0.717) is 0 Å². The van der Waals surface area contributed by atoms with Crippen LogP contribution in [-0.4, -0.2) is 20.6 Å². The SMILES string of the molecule is CC(=O)Nc1cc(OS(=O)O)cc(Cl)c1OC(C)=O. The zero-order chi connectivity index (χ0) is 14.6. The van der Waals surface area contributed by atoms with Gasteiger partial charge in [0.1, 0.15) is 5.75 Å². The molecule has 0 saturated carbocycles. The van der Waals surface area contributed by atoms with Crippen LogP contribution in [0.25, 0.3) is 0 Å². The van der Waals surface area contributed by atoms with Crippen LogP contribution in [0.15, 0.2) is 12.1 Å². The number of esters is 1. The molecule has 104 valence electrons. The zero-order valence-corrected chi connectivity index (χ0v) is 11.5. The van der Waals surface area contributed by atoms with Gasteiger partial charge in [-0.25, -0.2) is 0 Å². The van der Waals surface area contributed by atoms with E-state index in [9.17, 15) is 13.8 Å². The fourth-order valence-corrected chi connectivity index (χ4v) is 1.74. The molecule has 0 aliphatic heterocycles. The van der Waals surface area contributed by atoms with Crippen LogP contribution in [0.2, 0.25) is 5.02 Å². The van der Waals surface area contributed by atoms with E-state index in [2.05, 4.69) is 9.50 Å². The van der Waals surface area contributed by atoms with Crippen LogP contribution in [0.1, 0.15) is 13.8 Å². The standard InChI is InChI=1S/C10H10ClNO6S/c1-5(13)12-9-4-7(18-19(15)16)3-8(11)10(9)17-6(2)14/h3-4H,1-2H3,(H,12,13)(H,15,16). The van der Waals surface area contributed by atoms with Crippen LogP contribution >= 0.6 is 11.6 Å². The second-order valence-corrected chi connectivity index (χ2v) is 4.37. The number of benzene rings is 1. The van der Waals surface area contributed by atoms with Gasteiger partial charge in [-0.15, -0.1) is 0 Å². The van der Waals surface area contributed by atoms with Crippen molar-refractivity contribution in [1.29, 1.82) is 0 Å². The van der Waals surface area contributed by atoms with E-state index < -0.39 is 23.2 Å². The average molecular weight is 308 g/mol. The predicted molar refractivity (Wildman–Crippen MR) is 68.5 cm³/mol. The van der Waals surface area contributed by atoms with E-state index in [0.717, 1.165) is 0 Å². The van der Waals surface area contributed by atoms with Gasteiger partial charge in [0.2, 0.25) is 5.91 Å². The fourth-order valence-electron chi connectivity index (χ4n) is 1.23. The Balaban J connectivity index is 3.24. The molecule has 0 spiro atoms. The first-order chi connectivity index (χ1) is 8.79. The zero-order valence-electron chi connectivity index (χ0n) is 9.93. The van der Waals surface area contributed by atoms with E-state index in [1.807, 2.05) is 0 Å². The minimum atomic E-state index is -2.54. The Morgan fingerprint density at radius 3 is 2.47 bits per heavy atom. The Morgan fingerprint density at radius 2 is 2.00 bits per heavy atom. The topological polar surface area (TPSA) is 102 Å². The molecule has 0 aromatic heterocycles. The Bertz CT molecular complexity index is 547. The highest BCUT2D eigenvalue weighted by molar-refractivity contribution is 7.74. The van der Waals surface area contributed by atoms with Gasteiger partial charge in [0, 0.05) is 26.0 Å². The number of hydrogen-bond donors (Lipinski definition) is 2. The predicted octanol–water partition coefficient (Wildman–Crippen LogP) is 1.74. The molecule has 2 N–H and O–H groups in total. The molecular formula is C10H10ClNO6S. The summed E-state index contributed by atoms with van der Waals surface area (Å²) in [6, 6.07) is 2.39. The molecule has 0 heterocycles. The fraction of sp³-hybridized carbons (Fsp3) is 0.200. The van der Waals surface area contributed by atoms with Crippen LogP contribution in [0.4, 0.5) is 5.69 Å². The van der Waals surface area contributed by atoms with Crippen LogP contribution in [0, 0.1) is 0 Å². The molecule has 1 aromatic rings. The molecule has 1 aromatic carbocycles. The molecule has 7 nitrogen and oxygen atoms in total. The van der Waals surface area contributed by atoms with Crippen molar-refractivity contribution in [3.05, 3.63) is 17.2 Å². The monoisotopic (exact) mass is 307 g/mol. The highest BCUT2D eigenvalue weighted by Gasteiger charge is 2.16. The highest BCUT2D eigenvalue weighted by Crippen LogP contribution is 2.37. The summed E-state index contributed by atoms with van der Waals surface area (Å²) in [4.78, 5) is 22.0. The minimum absolute atomic E-state index is 0.0515. The normalized spacial score (nSPS) is 11.6. The lowest BCUT2D eigenvalue weighted by atomic mass is 10.2. The van der Waals surface area contributed by atoms with Gasteiger partial charge in [-0.1, -0.05) is 11.6 Å². The lowest BCUT2D eigenvalue weighted by Gasteiger charge is -2.12. The molecule has 0 aliphatic rings. The summed E-state index contributed by atoms with van der Waals surface area (Å²) in [5, 5.41) is 2.32. The number of halogens is 1. The van der Waals surface area contributed by atoms with Crippen molar-refractivity contribution in [2.75, 3.05) is 5.32 Å². The van der Waals surface area contributed by atoms with E-state index >= 15 is 0 Å². The molecule has 1 unspecified atom stereocenters. The van der Waals surface area contributed by atoms with Crippen molar-refractivity contribution >= 4 is 40.5 Å². The highest BCUT2D eigenvalue weighted by atomic mass is 35.5. The summed E-state index contributed by atoms with van der Waals surface area (Å²) < 4.78 is 28.6. The van der Waals surface area contributed by atoms with Gasteiger partial charge in [0.25, 0.3) is 0 Å². The molecule has 0 saturated heterocycles. The molecule has 9 heteroatoms. The molecule has 0 bridgehead atoms. The second kappa shape index (κ2) is 6.50. The van der Waals surface area contributed by atoms with Crippen molar-refractivity contribution in [3.8, 4) is 11.5 Å². The van der Waals surface area contributed by atoms with Crippen molar-refractivity contribution in [2.45, 2.75) is 13.8 Å². The van der Waals surface area contributed by atoms with Gasteiger partial charge in [-0.3, -0.25) is 14.1 Å². The molecule has 0 fully saturated rings. The second-order valence-electron chi connectivity index (χ2n) is 3.36. The van der Waals surface area contributed by atoms with E-state index in [1.54, 1.807) is 0 Å². The number of rotatable bonds is 4. The van der Waals surface area contributed by atoms with Gasteiger partial charge in [-0.2, -0.15) is 4.21 Å².